The fourth-order valence-corrected chi connectivity index (χ4v) is 4.75. The largest absolute Gasteiger partial charge is 0.315 e. The maximum Gasteiger partial charge on any atom is 0.241 e. The summed E-state index contributed by atoms with van der Waals surface area (Å²) in [4.78, 5) is 3.71. The zero-order valence-electron chi connectivity index (χ0n) is 12.1. The Hall–Kier alpha value is -0.470. The van der Waals surface area contributed by atoms with Gasteiger partial charge in [0.15, 0.2) is 0 Å². The van der Waals surface area contributed by atoms with Crippen LogP contribution in [-0.2, 0) is 16.6 Å². The third-order valence-corrected chi connectivity index (χ3v) is 6.18. The summed E-state index contributed by atoms with van der Waals surface area (Å²) in [5.74, 6) is 0.455. The van der Waals surface area contributed by atoms with Crippen LogP contribution < -0.4 is 10.0 Å². The molecule has 2 rings (SSSR count). The Morgan fingerprint density at radius 1 is 1.40 bits per heavy atom. The van der Waals surface area contributed by atoms with Crippen LogP contribution in [-0.4, -0.2) is 47.0 Å². The molecule has 7 heteroatoms. The molecule has 1 aliphatic heterocycles. The second-order valence-electron chi connectivity index (χ2n) is 5.38. The summed E-state index contributed by atoms with van der Waals surface area (Å²) < 4.78 is 27.2. The zero-order chi connectivity index (χ0) is 14.6. The molecule has 114 valence electrons. The molecule has 1 aromatic rings. The van der Waals surface area contributed by atoms with E-state index in [9.17, 15) is 8.42 Å². The van der Waals surface area contributed by atoms with E-state index >= 15 is 0 Å². The van der Waals surface area contributed by atoms with Gasteiger partial charge in [0.05, 0.1) is 4.90 Å². The number of piperidine rings is 1. The first-order valence-electron chi connectivity index (χ1n) is 6.91. The third kappa shape index (κ3) is 4.26. The number of nitrogens with one attached hydrogen (secondary N) is 2. The minimum atomic E-state index is -3.35. The second kappa shape index (κ2) is 7.00. The first-order valence-corrected chi connectivity index (χ1v) is 9.28. The molecule has 0 aliphatic carbocycles. The van der Waals surface area contributed by atoms with Crippen LogP contribution in [0, 0.1) is 5.92 Å². The molecule has 0 unspecified atom stereocenters. The van der Waals surface area contributed by atoms with Gasteiger partial charge in [-0.05, 0) is 52.0 Å². The van der Waals surface area contributed by atoms with Gasteiger partial charge < -0.3 is 10.2 Å². The summed E-state index contributed by atoms with van der Waals surface area (Å²) in [6.45, 7) is 3.36. The Morgan fingerprint density at radius 3 is 2.75 bits per heavy atom. The molecule has 20 heavy (non-hydrogen) atoms. The first-order chi connectivity index (χ1) is 9.51. The van der Waals surface area contributed by atoms with Crippen molar-refractivity contribution in [2.45, 2.75) is 24.3 Å². The second-order valence-corrected chi connectivity index (χ2v) is 8.14. The van der Waals surface area contributed by atoms with Crippen molar-refractivity contribution in [2.75, 3.05) is 33.7 Å². The molecule has 1 aromatic heterocycles. The molecule has 1 aliphatic rings. The van der Waals surface area contributed by atoms with Crippen LogP contribution in [0.25, 0.3) is 0 Å². The lowest BCUT2D eigenvalue weighted by molar-refractivity contribution is 0.220. The van der Waals surface area contributed by atoms with Crippen LogP contribution in [0.2, 0.25) is 0 Å². The lowest BCUT2D eigenvalue weighted by Gasteiger charge is -2.28. The molecule has 2 heterocycles. The standard InChI is InChI=1S/C13H23N3O2S2/c1-14-9-12-7-13(10-19-12)20(17,18)15-8-11-3-5-16(2)6-4-11/h7,10-11,14-15H,3-6,8-9H2,1-2H3. The smallest absolute Gasteiger partial charge is 0.241 e. The third-order valence-electron chi connectivity index (χ3n) is 3.69. The van der Waals surface area contributed by atoms with Crippen molar-refractivity contribution >= 4 is 21.4 Å². The number of hydrogen-bond acceptors (Lipinski definition) is 5. The van der Waals surface area contributed by atoms with E-state index in [1.54, 1.807) is 11.4 Å². The summed E-state index contributed by atoms with van der Waals surface area (Å²) in [6, 6.07) is 1.75. The Labute approximate surface area is 125 Å². The van der Waals surface area contributed by atoms with E-state index in [1.165, 1.54) is 11.3 Å². The number of nitrogens with zero attached hydrogens (tertiary/aromatic N) is 1. The van der Waals surface area contributed by atoms with Crippen molar-refractivity contribution in [2.24, 2.45) is 5.92 Å². The van der Waals surface area contributed by atoms with Crippen LogP contribution in [0.3, 0.4) is 0 Å². The summed E-state index contributed by atoms with van der Waals surface area (Å²) in [7, 11) is 0.608. The Kier molecular flexibility index (Phi) is 5.57. The van der Waals surface area contributed by atoms with Gasteiger partial charge in [0.1, 0.15) is 0 Å². The van der Waals surface area contributed by atoms with Crippen molar-refractivity contribution in [3.8, 4) is 0 Å². The first kappa shape index (κ1) is 15.9. The van der Waals surface area contributed by atoms with Gasteiger partial charge in [0.25, 0.3) is 0 Å². The number of rotatable bonds is 6. The fourth-order valence-electron chi connectivity index (χ4n) is 2.35. The van der Waals surface area contributed by atoms with Crippen molar-refractivity contribution in [1.82, 2.24) is 14.9 Å². The summed E-state index contributed by atoms with van der Waals surface area (Å²) in [5.41, 5.74) is 0. The van der Waals surface area contributed by atoms with Crippen molar-refractivity contribution < 1.29 is 8.42 Å². The van der Waals surface area contributed by atoms with Crippen LogP contribution >= 0.6 is 11.3 Å². The van der Waals surface area contributed by atoms with Gasteiger partial charge in [-0.2, -0.15) is 0 Å². The highest BCUT2D eigenvalue weighted by Gasteiger charge is 2.21. The molecule has 0 aromatic carbocycles. The lowest BCUT2D eigenvalue weighted by atomic mass is 9.98. The van der Waals surface area contributed by atoms with Gasteiger partial charge in [-0.25, -0.2) is 13.1 Å². The maximum atomic E-state index is 12.2. The molecule has 1 saturated heterocycles. The normalized spacial score (nSPS) is 18.5. The van der Waals surface area contributed by atoms with Crippen molar-refractivity contribution in [3.05, 3.63) is 16.3 Å². The van der Waals surface area contributed by atoms with Crippen molar-refractivity contribution in [3.63, 3.8) is 0 Å². The Bertz CT molecular complexity index is 519. The van der Waals surface area contributed by atoms with E-state index in [2.05, 4.69) is 22.0 Å². The van der Waals surface area contributed by atoms with Gasteiger partial charge in [-0.1, -0.05) is 0 Å². The molecule has 2 N–H and O–H groups in total. The Morgan fingerprint density at radius 2 is 2.10 bits per heavy atom. The van der Waals surface area contributed by atoms with Crippen LogP contribution in [0.4, 0.5) is 0 Å². The molecule has 5 nitrogen and oxygen atoms in total. The monoisotopic (exact) mass is 317 g/mol. The summed E-state index contributed by atoms with van der Waals surface area (Å²) in [5, 5.41) is 4.74. The van der Waals surface area contributed by atoms with Gasteiger partial charge in [-0.15, -0.1) is 11.3 Å². The average molecular weight is 317 g/mol. The number of hydrogen-bond donors (Lipinski definition) is 2. The van der Waals surface area contributed by atoms with E-state index < -0.39 is 10.0 Å². The van der Waals surface area contributed by atoms with Gasteiger partial charge in [0, 0.05) is 23.3 Å². The van der Waals surface area contributed by atoms with Gasteiger partial charge in [0.2, 0.25) is 10.0 Å². The SMILES string of the molecule is CNCc1cc(S(=O)(=O)NCC2CCN(C)CC2)cs1. The molecule has 0 spiro atoms. The quantitative estimate of drug-likeness (QED) is 0.824. The maximum absolute atomic E-state index is 12.2. The fraction of sp³-hybridized carbons (Fsp3) is 0.692. The summed E-state index contributed by atoms with van der Waals surface area (Å²) in [6.07, 6.45) is 2.13. The predicted molar refractivity (Wildman–Crippen MR) is 82.5 cm³/mol. The zero-order valence-corrected chi connectivity index (χ0v) is 13.7. The molecule has 0 bridgehead atoms. The van der Waals surface area contributed by atoms with E-state index in [0.717, 1.165) is 30.8 Å². The highest BCUT2D eigenvalue weighted by atomic mass is 32.2. The van der Waals surface area contributed by atoms with E-state index in [4.69, 9.17) is 0 Å². The average Bonchev–Trinajstić information content (AvgIpc) is 2.88. The van der Waals surface area contributed by atoms with E-state index in [0.29, 0.717) is 23.9 Å². The molecule has 0 saturated carbocycles. The molecule has 1 fully saturated rings. The molecular formula is C13H23N3O2S2. The number of likely N-dealkylation sites (tertiary alicyclic amines) is 1. The summed E-state index contributed by atoms with van der Waals surface area (Å²) >= 11 is 1.47. The predicted octanol–water partition coefficient (Wildman–Crippen LogP) is 1.09. The van der Waals surface area contributed by atoms with E-state index in [-0.39, 0.29) is 0 Å². The topological polar surface area (TPSA) is 61.4 Å². The minimum absolute atomic E-state index is 0.390. The highest BCUT2D eigenvalue weighted by Crippen LogP contribution is 2.20. The molecular weight excluding hydrogens is 294 g/mol. The van der Waals surface area contributed by atoms with E-state index in [1.807, 2.05) is 7.05 Å². The van der Waals surface area contributed by atoms with Crippen LogP contribution in [0.15, 0.2) is 16.3 Å². The number of sulfonamides is 1. The van der Waals surface area contributed by atoms with Crippen molar-refractivity contribution in [1.29, 1.82) is 0 Å². The highest BCUT2D eigenvalue weighted by molar-refractivity contribution is 7.89. The number of thiophene rings is 1. The Balaban J connectivity index is 1.90. The van der Waals surface area contributed by atoms with Crippen LogP contribution in [0.5, 0.6) is 0 Å². The molecule has 0 atom stereocenters. The van der Waals surface area contributed by atoms with Gasteiger partial charge >= 0.3 is 0 Å². The molecule has 0 radical (unpaired) electrons. The van der Waals surface area contributed by atoms with Crippen LogP contribution in [0.1, 0.15) is 17.7 Å². The lowest BCUT2D eigenvalue weighted by Crippen LogP contribution is -2.36. The van der Waals surface area contributed by atoms with Gasteiger partial charge in [-0.3, -0.25) is 0 Å². The molecule has 0 amide bonds. The minimum Gasteiger partial charge on any atom is -0.315 e.